The Hall–Kier alpha value is -1.39. The summed E-state index contributed by atoms with van der Waals surface area (Å²) in [5.74, 6) is -0.839. The highest BCUT2D eigenvalue weighted by molar-refractivity contribution is 9.10. The van der Waals surface area contributed by atoms with Crippen molar-refractivity contribution in [2.45, 2.75) is 6.54 Å². The van der Waals surface area contributed by atoms with Crippen LogP contribution in [0.5, 0.6) is 0 Å². The Labute approximate surface area is 130 Å². The van der Waals surface area contributed by atoms with Gasteiger partial charge >= 0.3 is 0 Å². The second kappa shape index (κ2) is 6.37. The van der Waals surface area contributed by atoms with Gasteiger partial charge in [-0.1, -0.05) is 39.7 Å². The molecule has 0 radical (unpaired) electrons. The Morgan fingerprint density at radius 3 is 2.70 bits per heavy atom. The van der Waals surface area contributed by atoms with E-state index in [-0.39, 0.29) is 16.5 Å². The van der Waals surface area contributed by atoms with Crippen molar-refractivity contribution in [1.82, 2.24) is 4.90 Å². The Morgan fingerprint density at radius 2 is 2.05 bits per heavy atom. The van der Waals surface area contributed by atoms with Gasteiger partial charge < -0.3 is 4.90 Å². The molecule has 2 aromatic carbocycles. The smallest absolute Gasteiger partial charge is 0.254 e. The molecule has 20 heavy (non-hydrogen) atoms. The molecule has 104 valence electrons. The van der Waals surface area contributed by atoms with E-state index < -0.39 is 5.82 Å². The van der Waals surface area contributed by atoms with E-state index in [4.69, 9.17) is 11.6 Å². The van der Waals surface area contributed by atoms with Crippen LogP contribution in [-0.4, -0.2) is 17.9 Å². The zero-order valence-corrected chi connectivity index (χ0v) is 13.1. The molecule has 0 saturated carbocycles. The van der Waals surface area contributed by atoms with Gasteiger partial charge in [0.1, 0.15) is 5.82 Å². The third-order valence-corrected chi connectivity index (χ3v) is 3.62. The third kappa shape index (κ3) is 3.58. The van der Waals surface area contributed by atoms with E-state index in [2.05, 4.69) is 15.9 Å². The molecule has 0 atom stereocenters. The topological polar surface area (TPSA) is 20.3 Å². The summed E-state index contributed by atoms with van der Waals surface area (Å²) in [6.07, 6.45) is 0. The maximum Gasteiger partial charge on any atom is 0.254 e. The van der Waals surface area contributed by atoms with E-state index in [1.165, 1.54) is 17.0 Å². The number of carbonyl (C=O) groups is 1. The molecule has 0 fully saturated rings. The van der Waals surface area contributed by atoms with Gasteiger partial charge in [0.05, 0.1) is 5.02 Å². The average molecular weight is 357 g/mol. The van der Waals surface area contributed by atoms with Crippen LogP contribution in [0.25, 0.3) is 0 Å². The number of halogens is 3. The van der Waals surface area contributed by atoms with Crippen molar-refractivity contribution in [2.75, 3.05) is 7.05 Å². The van der Waals surface area contributed by atoms with Crippen LogP contribution in [0.15, 0.2) is 46.9 Å². The van der Waals surface area contributed by atoms with Crippen LogP contribution < -0.4 is 0 Å². The summed E-state index contributed by atoms with van der Waals surface area (Å²) in [6.45, 7) is 0.447. The summed E-state index contributed by atoms with van der Waals surface area (Å²) >= 11 is 8.99. The van der Waals surface area contributed by atoms with Crippen molar-refractivity contribution >= 4 is 33.4 Å². The van der Waals surface area contributed by atoms with E-state index in [9.17, 15) is 9.18 Å². The van der Waals surface area contributed by atoms with Crippen LogP contribution in [0, 0.1) is 5.82 Å². The summed E-state index contributed by atoms with van der Waals surface area (Å²) < 4.78 is 14.3. The molecule has 0 heterocycles. The molecule has 0 bridgehead atoms. The second-order valence-electron chi connectivity index (χ2n) is 4.42. The Bertz CT molecular complexity index is 648. The van der Waals surface area contributed by atoms with Crippen molar-refractivity contribution in [3.63, 3.8) is 0 Å². The molecule has 0 aliphatic rings. The Morgan fingerprint density at radius 1 is 1.30 bits per heavy atom. The van der Waals surface area contributed by atoms with Gasteiger partial charge in [0.2, 0.25) is 0 Å². The lowest BCUT2D eigenvalue weighted by Crippen LogP contribution is -2.26. The molecule has 2 rings (SSSR count). The van der Waals surface area contributed by atoms with Gasteiger partial charge in [-0.15, -0.1) is 0 Å². The summed E-state index contributed by atoms with van der Waals surface area (Å²) in [7, 11) is 1.68. The van der Waals surface area contributed by atoms with Crippen LogP contribution in [0.2, 0.25) is 5.02 Å². The number of hydrogen-bond donors (Lipinski definition) is 0. The third-order valence-electron chi connectivity index (χ3n) is 2.82. The number of amides is 1. The lowest BCUT2D eigenvalue weighted by atomic mass is 10.1. The zero-order chi connectivity index (χ0) is 14.7. The summed E-state index contributed by atoms with van der Waals surface area (Å²) in [5.41, 5.74) is 1.27. The molecule has 0 aromatic heterocycles. The minimum Gasteiger partial charge on any atom is -0.337 e. The molecule has 0 aliphatic heterocycles. The van der Waals surface area contributed by atoms with Crippen molar-refractivity contribution in [1.29, 1.82) is 0 Å². The molecular formula is C15H12BrClFNO. The lowest BCUT2D eigenvalue weighted by Gasteiger charge is -2.17. The zero-order valence-electron chi connectivity index (χ0n) is 10.7. The fourth-order valence-electron chi connectivity index (χ4n) is 1.83. The average Bonchev–Trinajstić information content (AvgIpc) is 2.41. The fraction of sp³-hybridized carbons (Fsp3) is 0.133. The quantitative estimate of drug-likeness (QED) is 0.792. The van der Waals surface area contributed by atoms with Crippen LogP contribution in [0.1, 0.15) is 15.9 Å². The van der Waals surface area contributed by atoms with E-state index in [1.807, 2.05) is 24.3 Å². The van der Waals surface area contributed by atoms with E-state index >= 15 is 0 Å². The molecule has 0 spiro atoms. The number of carbonyl (C=O) groups excluding carboxylic acids is 1. The molecule has 0 aliphatic carbocycles. The van der Waals surface area contributed by atoms with Gasteiger partial charge in [0.15, 0.2) is 0 Å². The lowest BCUT2D eigenvalue weighted by molar-refractivity contribution is 0.0784. The molecule has 2 aromatic rings. The standard InChI is InChI=1S/C15H12BrClFNO/c1-19(9-10-3-2-4-12(16)7-10)15(20)11-5-6-13(17)14(18)8-11/h2-8H,9H2,1H3. The normalized spacial score (nSPS) is 10.4. The van der Waals surface area contributed by atoms with E-state index in [0.29, 0.717) is 6.54 Å². The molecule has 1 amide bonds. The predicted molar refractivity (Wildman–Crippen MR) is 81.3 cm³/mol. The molecule has 0 saturated heterocycles. The summed E-state index contributed by atoms with van der Waals surface area (Å²) in [6, 6.07) is 11.7. The number of nitrogens with zero attached hydrogens (tertiary/aromatic N) is 1. The first kappa shape index (κ1) is 15.0. The van der Waals surface area contributed by atoms with Crippen molar-refractivity contribution in [3.8, 4) is 0 Å². The predicted octanol–water partition coefficient (Wildman–Crippen LogP) is 4.51. The van der Waals surface area contributed by atoms with E-state index in [1.54, 1.807) is 7.05 Å². The Balaban J connectivity index is 2.14. The number of hydrogen-bond acceptors (Lipinski definition) is 1. The largest absolute Gasteiger partial charge is 0.337 e. The number of benzene rings is 2. The van der Waals surface area contributed by atoms with Crippen molar-refractivity contribution in [2.24, 2.45) is 0 Å². The van der Waals surface area contributed by atoms with Gasteiger partial charge in [-0.05, 0) is 35.9 Å². The molecule has 0 unspecified atom stereocenters. The van der Waals surface area contributed by atoms with Gasteiger partial charge in [-0.3, -0.25) is 4.79 Å². The second-order valence-corrected chi connectivity index (χ2v) is 5.74. The van der Waals surface area contributed by atoms with Gasteiger partial charge in [-0.2, -0.15) is 0 Å². The minimum absolute atomic E-state index is 0.0104. The molecular weight excluding hydrogens is 345 g/mol. The summed E-state index contributed by atoms with van der Waals surface area (Å²) in [4.78, 5) is 13.7. The van der Waals surface area contributed by atoms with Crippen LogP contribution in [-0.2, 0) is 6.54 Å². The van der Waals surface area contributed by atoms with E-state index in [0.717, 1.165) is 16.1 Å². The molecule has 2 nitrogen and oxygen atoms in total. The molecule has 0 N–H and O–H groups in total. The first-order chi connectivity index (χ1) is 9.47. The minimum atomic E-state index is -0.589. The maximum atomic E-state index is 13.4. The monoisotopic (exact) mass is 355 g/mol. The van der Waals surface area contributed by atoms with Gasteiger partial charge in [0, 0.05) is 23.6 Å². The SMILES string of the molecule is CN(Cc1cccc(Br)c1)C(=O)c1ccc(Cl)c(F)c1. The first-order valence-corrected chi connectivity index (χ1v) is 7.09. The van der Waals surface area contributed by atoms with Crippen LogP contribution in [0.3, 0.4) is 0 Å². The van der Waals surface area contributed by atoms with Gasteiger partial charge in [-0.25, -0.2) is 4.39 Å². The highest BCUT2D eigenvalue weighted by Crippen LogP contribution is 2.18. The van der Waals surface area contributed by atoms with Crippen molar-refractivity contribution in [3.05, 3.63) is 68.9 Å². The fourth-order valence-corrected chi connectivity index (χ4v) is 2.39. The Kier molecular flexibility index (Phi) is 4.78. The summed E-state index contributed by atoms with van der Waals surface area (Å²) in [5, 5.41) is 0.0104. The van der Waals surface area contributed by atoms with Gasteiger partial charge in [0.25, 0.3) is 5.91 Å². The highest BCUT2D eigenvalue weighted by Gasteiger charge is 2.14. The number of rotatable bonds is 3. The highest BCUT2D eigenvalue weighted by atomic mass is 79.9. The van der Waals surface area contributed by atoms with Crippen LogP contribution in [0.4, 0.5) is 4.39 Å². The molecule has 5 heteroatoms. The van der Waals surface area contributed by atoms with Crippen molar-refractivity contribution < 1.29 is 9.18 Å². The maximum absolute atomic E-state index is 13.4. The first-order valence-electron chi connectivity index (χ1n) is 5.92. The van der Waals surface area contributed by atoms with Crippen LogP contribution >= 0.6 is 27.5 Å².